The van der Waals surface area contributed by atoms with E-state index >= 15 is 0 Å². The summed E-state index contributed by atoms with van der Waals surface area (Å²) in [5.41, 5.74) is 4.14. The number of amides is 1. The van der Waals surface area contributed by atoms with Crippen LogP contribution in [0.3, 0.4) is 0 Å². The number of rotatable bonds is 8. The van der Waals surface area contributed by atoms with E-state index in [1.807, 2.05) is 66.7 Å². The van der Waals surface area contributed by atoms with E-state index in [0.29, 0.717) is 25.9 Å². The smallest absolute Gasteiger partial charge is 0.224 e. The number of aromatic nitrogens is 2. The number of carbonyl (C=O) groups excluding carboxylic acids is 1. The van der Waals surface area contributed by atoms with E-state index in [4.69, 9.17) is 9.72 Å². The van der Waals surface area contributed by atoms with E-state index in [1.165, 1.54) is 0 Å². The third kappa shape index (κ3) is 4.51. The Morgan fingerprint density at radius 3 is 2.53 bits per heavy atom. The number of hydrogen-bond acceptors (Lipinski definition) is 3. The molecule has 4 aromatic rings. The minimum absolute atomic E-state index is 0.0218. The number of carbonyl (C=O) groups is 1. The van der Waals surface area contributed by atoms with E-state index in [1.54, 1.807) is 7.11 Å². The summed E-state index contributed by atoms with van der Waals surface area (Å²) in [5, 5.41) is 3.02. The van der Waals surface area contributed by atoms with Crippen molar-refractivity contribution in [3.63, 3.8) is 0 Å². The molecule has 0 saturated carbocycles. The predicted octanol–water partition coefficient (Wildman–Crippen LogP) is 3.99. The summed E-state index contributed by atoms with van der Waals surface area (Å²) < 4.78 is 7.73. The lowest BCUT2D eigenvalue weighted by Crippen LogP contribution is -2.28. The molecule has 3 aromatic carbocycles. The molecule has 1 N–H and O–H groups in total. The molecule has 0 radical (unpaired) electrons. The summed E-state index contributed by atoms with van der Waals surface area (Å²) in [5.74, 6) is 1.83. The lowest BCUT2D eigenvalue weighted by Gasteiger charge is -2.13. The van der Waals surface area contributed by atoms with Crippen LogP contribution < -0.4 is 10.1 Å². The highest BCUT2D eigenvalue weighted by atomic mass is 16.5. The van der Waals surface area contributed by atoms with Crippen molar-refractivity contribution in [1.82, 2.24) is 14.9 Å². The summed E-state index contributed by atoms with van der Waals surface area (Å²) in [6.45, 7) is 1.21. The summed E-state index contributed by atoms with van der Waals surface area (Å²) in [6, 6.07) is 25.9. The van der Waals surface area contributed by atoms with Gasteiger partial charge in [-0.1, -0.05) is 60.7 Å². The molecule has 152 valence electrons. The Hall–Kier alpha value is -3.60. The molecule has 5 nitrogen and oxygen atoms in total. The first-order valence-corrected chi connectivity index (χ1v) is 10.1. The molecule has 0 bridgehead atoms. The zero-order chi connectivity index (χ0) is 20.8. The van der Waals surface area contributed by atoms with Crippen molar-refractivity contribution in [2.24, 2.45) is 0 Å². The topological polar surface area (TPSA) is 56.1 Å². The average molecular weight is 399 g/mol. The van der Waals surface area contributed by atoms with Gasteiger partial charge in [0, 0.05) is 18.5 Å². The SMILES string of the molecule is COc1ccccc1Cn1c(CCNC(=O)Cc2ccccc2)nc2ccccc21. The summed E-state index contributed by atoms with van der Waals surface area (Å²) in [7, 11) is 1.69. The quantitative estimate of drug-likeness (QED) is 0.487. The third-order valence-corrected chi connectivity index (χ3v) is 5.13. The molecule has 0 aliphatic rings. The number of benzene rings is 3. The second-order valence-electron chi connectivity index (χ2n) is 7.18. The fraction of sp³-hybridized carbons (Fsp3) is 0.200. The molecule has 1 aromatic heterocycles. The van der Waals surface area contributed by atoms with Gasteiger partial charge in [-0.05, 0) is 23.8 Å². The Morgan fingerprint density at radius 1 is 0.967 bits per heavy atom. The summed E-state index contributed by atoms with van der Waals surface area (Å²) >= 11 is 0. The van der Waals surface area contributed by atoms with Gasteiger partial charge < -0.3 is 14.6 Å². The minimum atomic E-state index is 0.0218. The molecule has 1 amide bonds. The highest BCUT2D eigenvalue weighted by molar-refractivity contribution is 5.78. The normalized spacial score (nSPS) is 10.8. The number of nitrogens with zero attached hydrogens (tertiary/aromatic N) is 2. The van der Waals surface area contributed by atoms with Crippen molar-refractivity contribution in [3.8, 4) is 5.75 Å². The van der Waals surface area contributed by atoms with E-state index in [-0.39, 0.29) is 5.91 Å². The van der Waals surface area contributed by atoms with Crippen LogP contribution in [0.4, 0.5) is 0 Å². The second kappa shape index (κ2) is 9.27. The van der Waals surface area contributed by atoms with Crippen LogP contribution in [-0.4, -0.2) is 29.1 Å². The van der Waals surface area contributed by atoms with Gasteiger partial charge in [0.1, 0.15) is 11.6 Å². The van der Waals surface area contributed by atoms with Gasteiger partial charge in [-0.3, -0.25) is 4.79 Å². The molecule has 0 atom stereocenters. The zero-order valence-corrected chi connectivity index (χ0v) is 17.0. The van der Waals surface area contributed by atoms with Crippen LogP contribution in [0.2, 0.25) is 0 Å². The van der Waals surface area contributed by atoms with Gasteiger partial charge in [0.05, 0.1) is 31.1 Å². The molecule has 30 heavy (non-hydrogen) atoms. The van der Waals surface area contributed by atoms with Gasteiger partial charge in [0.15, 0.2) is 0 Å². The van der Waals surface area contributed by atoms with Crippen LogP contribution in [-0.2, 0) is 24.2 Å². The summed E-state index contributed by atoms with van der Waals surface area (Å²) in [6.07, 6.45) is 1.04. The van der Waals surface area contributed by atoms with Crippen molar-refractivity contribution >= 4 is 16.9 Å². The number of para-hydroxylation sites is 3. The molecule has 0 unspecified atom stereocenters. The van der Waals surface area contributed by atoms with Crippen LogP contribution in [0.1, 0.15) is 17.0 Å². The number of imidazole rings is 1. The Morgan fingerprint density at radius 2 is 1.70 bits per heavy atom. The van der Waals surface area contributed by atoms with E-state index < -0.39 is 0 Å². The lowest BCUT2D eigenvalue weighted by atomic mass is 10.1. The van der Waals surface area contributed by atoms with Gasteiger partial charge in [-0.25, -0.2) is 4.98 Å². The molecular weight excluding hydrogens is 374 g/mol. The van der Waals surface area contributed by atoms with Gasteiger partial charge in [-0.15, -0.1) is 0 Å². The monoisotopic (exact) mass is 399 g/mol. The largest absolute Gasteiger partial charge is 0.496 e. The predicted molar refractivity (Wildman–Crippen MR) is 119 cm³/mol. The molecule has 0 aliphatic heterocycles. The second-order valence-corrected chi connectivity index (χ2v) is 7.18. The van der Waals surface area contributed by atoms with Gasteiger partial charge in [0.25, 0.3) is 0 Å². The van der Waals surface area contributed by atoms with Crippen molar-refractivity contribution in [2.75, 3.05) is 13.7 Å². The Labute approximate surface area is 176 Å². The number of nitrogens with one attached hydrogen (secondary N) is 1. The maximum absolute atomic E-state index is 12.3. The number of fused-ring (bicyclic) bond motifs is 1. The van der Waals surface area contributed by atoms with Crippen LogP contribution >= 0.6 is 0 Å². The molecular formula is C25H25N3O2. The first-order valence-electron chi connectivity index (χ1n) is 10.1. The van der Waals surface area contributed by atoms with Crippen LogP contribution in [0.5, 0.6) is 5.75 Å². The number of methoxy groups -OCH3 is 1. The van der Waals surface area contributed by atoms with Gasteiger partial charge in [-0.2, -0.15) is 0 Å². The van der Waals surface area contributed by atoms with Crippen LogP contribution in [0.15, 0.2) is 78.9 Å². The lowest BCUT2D eigenvalue weighted by molar-refractivity contribution is -0.120. The van der Waals surface area contributed by atoms with Crippen molar-refractivity contribution < 1.29 is 9.53 Å². The minimum Gasteiger partial charge on any atom is -0.496 e. The number of ether oxygens (including phenoxy) is 1. The highest BCUT2D eigenvalue weighted by Gasteiger charge is 2.13. The van der Waals surface area contributed by atoms with Gasteiger partial charge in [0.2, 0.25) is 5.91 Å². The van der Waals surface area contributed by atoms with Crippen molar-refractivity contribution in [3.05, 3.63) is 95.8 Å². The Kier molecular flexibility index (Phi) is 6.09. The fourth-order valence-corrected chi connectivity index (χ4v) is 3.65. The molecule has 0 spiro atoms. The van der Waals surface area contributed by atoms with Crippen molar-refractivity contribution in [1.29, 1.82) is 0 Å². The third-order valence-electron chi connectivity index (χ3n) is 5.13. The maximum atomic E-state index is 12.3. The first kappa shape index (κ1) is 19.7. The average Bonchev–Trinajstić information content (AvgIpc) is 3.12. The fourth-order valence-electron chi connectivity index (χ4n) is 3.65. The standard InChI is InChI=1S/C25H25N3O2/c1-30-23-14-8-5-11-20(23)18-28-22-13-7-6-12-21(22)27-24(28)15-16-26-25(29)17-19-9-3-2-4-10-19/h2-14H,15-18H2,1H3,(H,26,29). The van der Waals surface area contributed by atoms with Crippen molar-refractivity contribution in [2.45, 2.75) is 19.4 Å². The Balaban J connectivity index is 1.49. The van der Waals surface area contributed by atoms with E-state index in [2.05, 4.69) is 22.0 Å². The first-order chi connectivity index (χ1) is 14.7. The van der Waals surface area contributed by atoms with E-state index in [9.17, 15) is 4.79 Å². The van der Waals surface area contributed by atoms with E-state index in [0.717, 1.165) is 33.7 Å². The molecule has 5 heteroatoms. The zero-order valence-electron chi connectivity index (χ0n) is 17.0. The number of hydrogen-bond donors (Lipinski definition) is 1. The maximum Gasteiger partial charge on any atom is 0.224 e. The molecule has 0 aliphatic carbocycles. The van der Waals surface area contributed by atoms with Crippen LogP contribution in [0.25, 0.3) is 11.0 Å². The molecule has 0 saturated heterocycles. The van der Waals surface area contributed by atoms with Gasteiger partial charge >= 0.3 is 0 Å². The molecule has 1 heterocycles. The Bertz CT molecular complexity index is 1140. The molecule has 4 rings (SSSR count). The van der Waals surface area contributed by atoms with Crippen LogP contribution in [0, 0.1) is 0 Å². The summed E-state index contributed by atoms with van der Waals surface area (Å²) in [4.78, 5) is 17.1. The highest BCUT2D eigenvalue weighted by Crippen LogP contribution is 2.23. The molecule has 0 fully saturated rings.